The number of nitrogens with zero attached hydrogens (tertiary/aromatic N) is 3. The van der Waals surface area contributed by atoms with Crippen molar-refractivity contribution in [2.45, 2.75) is 25.7 Å². The number of rotatable bonds is 4. The number of aromatic nitrogens is 2. The zero-order valence-corrected chi connectivity index (χ0v) is 18.7. The molecule has 0 aliphatic carbocycles. The van der Waals surface area contributed by atoms with Crippen molar-refractivity contribution < 1.29 is 4.79 Å². The Kier molecular flexibility index (Phi) is 5.34. The van der Waals surface area contributed by atoms with Crippen molar-refractivity contribution in [1.82, 2.24) is 14.7 Å². The Morgan fingerprint density at radius 3 is 2.48 bits per heavy atom. The summed E-state index contributed by atoms with van der Waals surface area (Å²) in [7, 11) is 2.18. The third-order valence-corrected chi connectivity index (χ3v) is 7.24. The lowest BCUT2D eigenvalue weighted by atomic mass is 9.89. The maximum absolute atomic E-state index is 12.9. The molecule has 158 valence electrons. The molecule has 2 aromatic carbocycles. The highest BCUT2D eigenvalue weighted by Crippen LogP contribution is 2.31. The third-order valence-electron chi connectivity index (χ3n) is 6.13. The summed E-state index contributed by atoms with van der Waals surface area (Å²) in [5.41, 5.74) is 4.13. The first-order valence-corrected chi connectivity index (χ1v) is 11.5. The number of aryl methyl sites for hydroxylation is 1. The Bertz CT molecular complexity index is 1200. The molecule has 2 aromatic heterocycles. The average Bonchev–Trinajstić information content (AvgIpc) is 3.36. The summed E-state index contributed by atoms with van der Waals surface area (Å²) in [6.45, 7) is 4.28. The number of carbonyl (C=O) groups excluding carboxylic acids is 1. The normalized spacial score (nSPS) is 15.4. The second kappa shape index (κ2) is 8.29. The molecule has 1 saturated heterocycles. The number of para-hydroxylation sites is 1. The molecule has 0 bridgehead atoms. The van der Waals surface area contributed by atoms with Gasteiger partial charge in [-0.15, -0.1) is 11.3 Å². The molecule has 0 saturated carbocycles. The molecule has 0 radical (unpaired) electrons. The Balaban J connectivity index is 1.34. The Morgan fingerprint density at radius 1 is 1.06 bits per heavy atom. The number of carbonyl (C=O) groups is 1. The van der Waals surface area contributed by atoms with Crippen LogP contribution in [-0.4, -0.2) is 40.7 Å². The maximum Gasteiger partial charge on any atom is 0.265 e. The summed E-state index contributed by atoms with van der Waals surface area (Å²) in [5.74, 6) is 0.541. The summed E-state index contributed by atoms with van der Waals surface area (Å²) in [6, 6.07) is 20.3. The van der Waals surface area contributed by atoms with Crippen LogP contribution in [0.5, 0.6) is 0 Å². The van der Waals surface area contributed by atoms with Crippen LogP contribution < -0.4 is 5.32 Å². The molecule has 5 rings (SSSR count). The van der Waals surface area contributed by atoms with E-state index >= 15 is 0 Å². The number of likely N-dealkylation sites (tertiary alicyclic amines) is 1. The number of anilines is 1. The van der Waals surface area contributed by atoms with Gasteiger partial charge in [0.1, 0.15) is 4.83 Å². The number of nitrogens with one attached hydrogen (secondary N) is 1. The third kappa shape index (κ3) is 4.01. The lowest BCUT2D eigenvalue weighted by Crippen LogP contribution is -2.29. The fourth-order valence-electron chi connectivity index (χ4n) is 4.28. The zero-order valence-electron chi connectivity index (χ0n) is 17.8. The molecule has 1 fully saturated rings. The number of piperidine rings is 1. The fraction of sp³-hybridized carbons (Fsp3) is 0.280. The molecule has 6 heteroatoms. The minimum absolute atomic E-state index is 0.0766. The van der Waals surface area contributed by atoms with Crippen molar-refractivity contribution in [3.05, 3.63) is 76.8 Å². The van der Waals surface area contributed by atoms with Crippen LogP contribution in [0.2, 0.25) is 0 Å². The van der Waals surface area contributed by atoms with E-state index in [2.05, 4.69) is 34.5 Å². The van der Waals surface area contributed by atoms with Crippen molar-refractivity contribution in [3.63, 3.8) is 0 Å². The van der Waals surface area contributed by atoms with E-state index in [1.165, 1.54) is 29.7 Å². The molecule has 4 aromatic rings. The molecule has 0 atom stereocenters. The average molecular weight is 431 g/mol. The summed E-state index contributed by atoms with van der Waals surface area (Å²) < 4.78 is 1.92. The van der Waals surface area contributed by atoms with E-state index in [0.717, 1.165) is 40.4 Å². The number of amides is 1. The van der Waals surface area contributed by atoms with Crippen LogP contribution in [0.15, 0.2) is 60.7 Å². The molecule has 0 spiro atoms. The van der Waals surface area contributed by atoms with Crippen LogP contribution in [0.4, 0.5) is 5.69 Å². The Hall–Kier alpha value is -2.96. The molecule has 0 unspecified atom stereocenters. The van der Waals surface area contributed by atoms with Gasteiger partial charge < -0.3 is 10.2 Å². The van der Waals surface area contributed by atoms with Crippen LogP contribution >= 0.6 is 11.3 Å². The predicted octanol–water partition coefficient (Wildman–Crippen LogP) is 5.46. The quantitative estimate of drug-likeness (QED) is 0.468. The highest BCUT2D eigenvalue weighted by molar-refractivity contribution is 7.20. The van der Waals surface area contributed by atoms with E-state index in [4.69, 9.17) is 0 Å². The summed E-state index contributed by atoms with van der Waals surface area (Å²) in [4.78, 5) is 17.0. The summed E-state index contributed by atoms with van der Waals surface area (Å²) >= 11 is 1.48. The van der Waals surface area contributed by atoms with Crippen LogP contribution in [0.1, 0.15) is 39.7 Å². The van der Waals surface area contributed by atoms with E-state index in [0.29, 0.717) is 10.8 Å². The van der Waals surface area contributed by atoms with E-state index in [9.17, 15) is 4.79 Å². The molecule has 5 nitrogen and oxygen atoms in total. The number of hydrogen-bond donors (Lipinski definition) is 1. The van der Waals surface area contributed by atoms with E-state index < -0.39 is 0 Å². The van der Waals surface area contributed by atoms with E-state index in [1.807, 2.05) is 60.1 Å². The molecule has 31 heavy (non-hydrogen) atoms. The van der Waals surface area contributed by atoms with Gasteiger partial charge in [0.15, 0.2) is 0 Å². The topological polar surface area (TPSA) is 50.2 Å². The lowest BCUT2D eigenvalue weighted by Gasteiger charge is -2.29. The number of thiophene rings is 1. The van der Waals surface area contributed by atoms with Crippen molar-refractivity contribution in [2.75, 3.05) is 25.5 Å². The zero-order chi connectivity index (χ0) is 21.4. The standard InChI is InChI=1S/C25H26N4OS/c1-17-22-16-23(31-25(22)29(27-17)21-6-4-3-5-7-21)24(30)26-20-10-8-18(9-11-20)19-12-14-28(2)15-13-19/h3-11,16,19H,12-15H2,1-2H3,(H,26,30). The van der Waals surface area contributed by atoms with Gasteiger partial charge in [-0.1, -0.05) is 30.3 Å². The van der Waals surface area contributed by atoms with Gasteiger partial charge in [-0.2, -0.15) is 5.10 Å². The first-order valence-electron chi connectivity index (χ1n) is 10.7. The van der Waals surface area contributed by atoms with Gasteiger partial charge in [-0.3, -0.25) is 4.79 Å². The number of fused-ring (bicyclic) bond motifs is 1. The minimum Gasteiger partial charge on any atom is -0.321 e. The van der Waals surface area contributed by atoms with Gasteiger partial charge in [0.05, 0.1) is 16.3 Å². The molecule has 1 amide bonds. The van der Waals surface area contributed by atoms with Crippen molar-refractivity contribution >= 4 is 33.1 Å². The van der Waals surface area contributed by atoms with E-state index in [-0.39, 0.29) is 5.91 Å². The second-order valence-corrected chi connectivity index (χ2v) is 9.35. The maximum atomic E-state index is 12.9. The number of benzene rings is 2. The van der Waals surface area contributed by atoms with Gasteiger partial charge >= 0.3 is 0 Å². The van der Waals surface area contributed by atoms with Gasteiger partial charge in [0.2, 0.25) is 0 Å². The van der Waals surface area contributed by atoms with Crippen molar-refractivity contribution in [2.24, 2.45) is 0 Å². The van der Waals surface area contributed by atoms with Crippen molar-refractivity contribution in [1.29, 1.82) is 0 Å². The highest BCUT2D eigenvalue weighted by atomic mass is 32.1. The largest absolute Gasteiger partial charge is 0.321 e. The smallest absolute Gasteiger partial charge is 0.265 e. The summed E-state index contributed by atoms with van der Waals surface area (Å²) in [5, 5.41) is 8.74. The predicted molar refractivity (Wildman–Crippen MR) is 128 cm³/mol. The van der Waals surface area contributed by atoms with Gasteiger partial charge in [0.25, 0.3) is 5.91 Å². The Labute approximate surface area is 186 Å². The first-order chi connectivity index (χ1) is 15.1. The molecule has 1 aliphatic rings. The van der Waals surface area contributed by atoms with Crippen molar-refractivity contribution in [3.8, 4) is 5.69 Å². The highest BCUT2D eigenvalue weighted by Gasteiger charge is 2.19. The van der Waals surface area contributed by atoms with Crippen LogP contribution in [0.25, 0.3) is 15.9 Å². The van der Waals surface area contributed by atoms with E-state index in [1.54, 1.807) is 0 Å². The molecule has 1 N–H and O–H groups in total. The second-order valence-electron chi connectivity index (χ2n) is 8.32. The Morgan fingerprint density at radius 2 is 1.77 bits per heavy atom. The number of hydrogen-bond acceptors (Lipinski definition) is 4. The SMILES string of the molecule is Cc1nn(-c2ccccc2)c2sc(C(=O)Nc3ccc(C4CCN(C)CC4)cc3)cc12. The van der Waals surface area contributed by atoms with Gasteiger partial charge in [-0.05, 0) is 81.7 Å². The van der Waals surface area contributed by atoms with Crippen LogP contribution in [-0.2, 0) is 0 Å². The lowest BCUT2D eigenvalue weighted by molar-refractivity contribution is 0.103. The molecule has 1 aliphatic heterocycles. The monoisotopic (exact) mass is 430 g/mol. The first kappa shape index (κ1) is 20.0. The molecule has 3 heterocycles. The van der Waals surface area contributed by atoms with Gasteiger partial charge in [-0.25, -0.2) is 4.68 Å². The van der Waals surface area contributed by atoms with Gasteiger partial charge in [0, 0.05) is 11.1 Å². The minimum atomic E-state index is -0.0766. The summed E-state index contributed by atoms with van der Waals surface area (Å²) in [6.07, 6.45) is 2.39. The van der Waals surface area contributed by atoms with Crippen LogP contribution in [0.3, 0.4) is 0 Å². The molecular formula is C25H26N4OS. The fourth-order valence-corrected chi connectivity index (χ4v) is 5.35. The molecular weight excluding hydrogens is 404 g/mol. The van der Waals surface area contributed by atoms with Crippen LogP contribution in [0, 0.1) is 6.92 Å².